The van der Waals surface area contributed by atoms with Crippen LogP contribution in [-0.2, 0) is 25.4 Å². The van der Waals surface area contributed by atoms with Crippen LogP contribution >= 0.6 is 12.2 Å². The number of piperidine rings is 1. The van der Waals surface area contributed by atoms with Gasteiger partial charge in [0.25, 0.3) is 5.91 Å². The first-order valence-corrected chi connectivity index (χ1v) is 20.2. The molecule has 0 bridgehead atoms. The van der Waals surface area contributed by atoms with E-state index in [4.69, 9.17) is 21.4 Å². The van der Waals surface area contributed by atoms with Crippen LogP contribution < -0.4 is 25.2 Å². The van der Waals surface area contributed by atoms with Crippen molar-refractivity contribution in [3.8, 4) is 11.8 Å². The molecule has 3 aliphatic heterocycles. The van der Waals surface area contributed by atoms with Gasteiger partial charge in [0.2, 0.25) is 17.7 Å². The molecule has 18 heteroatoms. The third-order valence-electron chi connectivity index (χ3n) is 11.5. The van der Waals surface area contributed by atoms with E-state index in [-0.39, 0.29) is 59.5 Å². The number of nitrogens with zero attached hydrogens (tertiary/aromatic N) is 5. The summed E-state index contributed by atoms with van der Waals surface area (Å²) in [5.74, 6) is -2.69. The van der Waals surface area contributed by atoms with Crippen molar-refractivity contribution in [2.45, 2.75) is 44.3 Å². The predicted octanol–water partition coefficient (Wildman–Crippen LogP) is 6.69. The summed E-state index contributed by atoms with van der Waals surface area (Å²) in [6, 6.07) is 17.8. The highest BCUT2D eigenvalue weighted by molar-refractivity contribution is 7.81. The summed E-state index contributed by atoms with van der Waals surface area (Å²) in [4.78, 5) is 57.5. The van der Waals surface area contributed by atoms with Crippen molar-refractivity contribution in [3.63, 3.8) is 0 Å². The highest BCUT2D eigenvalue weighted by Crippen LogP contribution is 2.41. The first-order chi connectivity index (χ1) is 29.5. The van der Waals surface area contributed by atoms with Crippen LogP contribution in [0, 0.1) is 17.1 Å². The molecule has 62 heavy (non-hydrogen) atoms. The second-order valence-electron chi connectivity index (χ2n) is 15.9. The van der Waals surface area contributed by atoms with Gasteiger partial charge in [0.05, 0.1) is 41.6 Å². The zero-order chi connectivity index (χ0) is 44.1. The van der Waals surface area contributed by atoms with Crippen LogP contribution in [0.2, 0.25) is 0 Å². The van der Waals surface area contributed by atoms with Crippen molar-refractivity contribution < 1.29 is 45.9 Å². The van der Waals surface area contributed by atoms with E-state index >= 15 is 4.39 Å². The average Bonchev–Trinajstić information content (AvgIpc) is 3.73. The fourth-order valence-electron chi connectivity index (χ4n) is 8.28. The quantitative estimate of drug-likeness (QED) is 0.0879. The van der Waals surface area contributed by atoms with E-state index in [0.717, 1.165) is 38.8 Å². The Balaban J connectivity index is 0.826. The number of benzene rings is 4. The maximum atomic E-state index is 15.5. The zero-order valence-corrected chi connectivity index (χ0v) is 34.3. The second kappa shape index (κ2) is 16.5. The first-order valence-electron chi connectivity index (χ1n) is 19.8. The molecule has 3 fully saturated rings. The van der Waals surface area contributed by atoms with Crippen LogP contribution in [0.3, 0.4) is 0 Å². The monoisotopic (exact) mass is 869 g/mol. The van der Waals surface area contributed by atoms with Crippen LogP contribution in [-0.4, -0.2) is 90.0 Å². The van der Waals surface area contributed by atoms with Crippen LogP contribution in [0.4, 0.5) is 34.6 Å². The minimum Gasteiger partial charge on any atom is -0.489 e. The molecule has 0 saturated carbocycles. The number of fused-ring (bicyclic) bond motifs is 3. The molecule has 5 aromatic rings. The number of hydrogen-bond acceptors (Lipinski definition) is 10. The van der Waals surface area contributed by atoms with E-state index in [2.05, 4.69) is 15.5 Å². The van der Waals surface area contributed by atoms with Crippen molar-refractivity contribution in [1.29, 1.82) is 5.26 Å². The molecule has 4 aromatic carbocycles. The number of nitriles is 1. The van der Waals surface area contributed by atoms with Gasteiger partial charge >= 0.3 is 6.18 Å². The lowest BCUT2D eigenvalue weighted by atomic mass is 9.89. The molecule has 3 saturated heterocycles. The van der Waals surface area contributed by atoms with Crippen molar-refractivity contribution in [2.24, 2.45) is 0 Å². The zero-order valence-electron chi connectivity index (χ0n) is 33.5. The van der Waals surface area contributed by atoms with Gasteiger partial charge in [-0.2, -0.15) is 18.4 Å². The lowest BCUT2D eigenvalue weighted by molar-refractivity contribution is -0.138. The van der Waals surface area contributed by atoms with Crippen molar-refractivity contribution in [1.82, 2.24) is 15.1 Å². The summed E-state index contributed by atoms with van der Waals surface area (Å²) < 4.78 is 68.2. The number of imide groups is 1. The topological polar surface area (TPSA) is 151 Å². The van der Waals surface area contributed by atoms with E-state index in [1.54, 1.807) is 6.26 Å². The summed E-state index contributed by atoms with van der Waals surface area (Å²) in [7, 11) is 0. The number of nitrogens with one attached hydrogen (secondary N) is 2. The number of thiocarbonyl (C=S) groups is 1. The standard InChI is InChI=1S/C44H39F4N7O6S/c1-43(2)41(59)54(28-6-3-26(22-49)33(20-28)44(46,47)48)42(62)55(43)29-7-11-35(34(45)21-29)60-18-17-52-13-15-53(16-14-52)23-38(57)50-27-5-8-30-25(19-27)4-10-36-39(30)32(24-61-36)31-9-12-37(56)51-40(31)58/h3-8,10-11,19-21,24,31H,9,12-18,23H2,1-2H3,(H,50,57)(H,51,56,58). The number of anilines is 3. The Morgan fingerprint density at radius 2 is 1.74 bits per heavy atom. The number of piperazine rings is 1. The maximum Gasteiger partial charge on any atom is 0.417 e. The van der Waals surface area contributed by atoms with Gasteiger partial charge in [0.15, 0.2) is 16.7 Å². The molecule has 0 spiro atoms. The number of alkyl halides is 3. The van der Waals surface area contributed by atoms with E-state index in [9.17, 15) is 37.6 Å². The van der Waals surface area contributed by atoms with Crippen LogP contribution in [0.15, 0.2) is 77.4 Å². The number of hydrogen-bond donors (Lipinski definition) is 2. The van der Waals surface area contributed by atoms with Crippen LogP contribution in [0.5, 0.6) is 5.75 Å². The van der Waals surface area contributed by atoms with Gasteiger partial charge in [-0.1, -0.05) is 12.1 Å². The molecule has 320 valence electrons. The minimum atomic E-state index is -4.85. The lowest BCUT2D eigenvalue weighted by Gasteiger charge is -2.34. The fourth-order valence-corrected chi connectivity index (χ4v) is 8.80. The van der Waals surface area contributed by atoms with E-state index in [1.165, 1.54) is 43.0 Å². The van der Waals surface area contributed by atoms with E-state index in [0.29, 0.717) is 56.5 Å². The molecule has 1 unspecified atom stereocenters. The number of ether oxygens (including phenoxy) is 1. The second-order valence-corrected chi connectivity index (χ2v) is 16.2. The lowest BCUT2D eigenvalue weighted by Crippen LogP contribution is -2.49. The third kappa shape index (κ3) is 8.06. The van der Waals surface area contributed by atoms with Crippen LogP contribution in [0.25, 0.3) is 21.7 Å². The minimum absolute atomic E-state index is 0.0327. The summed E-state index contributed by atoms with van der Waals surface area (Å²) in [6.45, 7) is 6.44. The van der Waals surface area contributed by atoms with E-state index in [1.807, 2.05) is 35.2 Å². The summed E-state index contributed by atoms with van der Waals surface area (Å²) in [5.41, 5.74) is -1.19. The Kier molecular flexibility index (Phi) is 11.2. The molecule has 1 aromatic heterocycles. The third-order valence-corrected chi connectivity index (χ3v) is 11.9. The molecular formula is C44H39F4N7O6S. The molecule has 8 rings (SSSR count). The molecule has 0 aliphatic carbocycles. The number of carbonyl (C=O) groups is 4. The molecule has 2 N–H and O–H groups in total. The SMILES string of the molecule is CC1(C)C(=O)N(c2ccc(C#N)c(C(F)(F)F)c2)C(=S)N1c1ccc(OCCN2CCN(CC(=O)Nc3ccc4c(ccc5occ(C6CCC(=O)NC6=O)c54)c3)CC2)c(F)c1. The predicted molar refractivity (Wildman–Crippen MR) is 225 cm³/mol. The van der Waals surface area contributed by atoms with Gasteiger partial charge in [0.1, 0.15) is 17.7 Å². The molecule has 4 heterocycles. The van der Waals surface area contributed by atoms with Gasteiger partial charge < -0.3 is 19.4 Å². The van der Waals surface area contributed by atoms with Gasteiger partial charge in [-0.05, 0) is 91.8 Å². The van der Waals surface area contributed by atoms with E-state index < -0.39 is 40.5 Å². The number of furan rings is 1. The van der Waals surface area contributed by atoms with Crippen molar-refractivity contribution >= 4 is 79.8 Å². The van der Waals surface area contributed by atoms with Crippen LogP contribution in [0.1, 0.15) is 49.3 Å². The Bertz CT molecular complexity index is 2710. The maximum absolute atomic E-state index is 15.5. The molecular weight excluding hydrogens is 831 g/mol. The van der Waals surface area contributed by atoms with Crippen molar-refractivity contribution in [3.05, 3.63) is 95.5 Å². The van der Waals surface area contributed by atoms with Gasteiger partial charge in [-0.3, -0.25) is 39.2 Å². The fraction of sp³-hybridized carbons (Fsp3) is 0.318. The van der Waals surface area contributed by atoms with Gasteiger partial charge in [-0.15, -0.1) is 0 Å². The Labute approximate surface area is 357 Å². The Morgan fingerprint density at radius 1 is 1.00 bits per heavy atom. The number of carbonyl (C=O) groups excluding carboxylic acids is 4. The van der Waals surface area contributed by atoms with Crippen molar-refractivity contribution in [2.75, 3.05) is 61.0 Å². The van der Waals surface area contributed by atoms with Gasteiger partial charge in [-0.25, -0.2) is 4.39 Å². The largest absolute Gasteiger partial charge is 0.489 e. The Morgan fingerprint density at radius 3 is 2.45 bits per heavy atom. The average molecular weight is 870 g/mol. The molecule has 4 amide bonds. The summed E-state index contributed by atoms with van der Waals surface area (Å²) >= 11 is 5.56. The number of amides is 4. The molecule has 0 radical (unpaired) electrons. The highest BCUT2D eigenvalue weighted by Gasteiger charge is 2.51. The normalized spacial score (nSPS) is 18.7. The molecule has 1 atom stereocenters. The highest BCUT2D eigenvalue weighted by atomic mass is 32.1. The number of halogens is 4. The number of rotatable bonds is 10. The first kappa shape index (κ1) is 42.3. The Hall–Kier alpha value is -6.42. The smallest absolute Gasteiger partial charge is 0.417 e. The summed E-state index contributed by atoms with van der Waals surface area (Å²) in [5, 5.41) is 17.0. The van der Waals surface area contributed by atoms with Gasteiger partial charge in [0, 0.05) is 67.5 Å². The molecule has 3 aliphatic rings. The molecule has 13 nitrogen and oxygen atoms in total. The summed E-state index contributed by atoms with van der Waals surface area (Å²) in [6.07, 6.45) is -2.62.